The molecule has 3 N–H and O–H groups in total. The van der Waals surface area contributed by atoms with Crippen LogP contribution in [0, 0.1) is 11.6 Å². The summed E-state index contributed by atoms with van der Waals surface area (Å²) in [7, 11) is 0. The SMILES string of the molecule is C[C@H](Nc1nccc(N(C(=O)Nc2c(F)cccc2F)c2ccccc2)n1)C(C)(C)O. The number of carbonyl (C=O) groups excluding carboxylic acids is 1. The molecule has 3 rings (SSSR count). The molecule has 1 atom stereocenters. The molecule has 162 valence electrons. The van der Waals surface area contributed by atoms with E-state index in [1.54, 1.807) is 51.1 Å². The molecule has 0 aliphatic heterocycles. The predicted molar refractivity (Wildman–Crippen MR) is 115 cm³/mol. The maximum Gasteiger partial charge on any atom is 0.332 e. The van der Waals surface area contributed by atoms with Crippen molar-refractivity contribution in [3.05, 3.63) is 72.4 Å². The number of halogens is 2. The van der Waals surface area contributed by atoms with E-state index in [1.165, 1.54) is 23.2 Å². The lowest BCUT2D eigenvalue weighted by Gasteiger charge is -2.27. The molecule has 0 bridgehead atoms. The van der Waals surface area contributed by atoms with E-state index in [-0.39, 0.29) is 11.8 Å². The molecule has 0 aliphatic carbocycles. The number of benzene rings is 2. The van der Waals surface area contributed by atoms with Crippen molar-refractivity contribution in [2.45, 2.75) is 32.4 Å². The molecular weight excluding hydrogens is 404 g/mol. The summed E-state index contributed by atoms with van der Waals surface area (Å²) in [6.45, 7) is 5.04. The van der Waals surface area contributed by atoms with Crippen molar-refractivity contribution in [2.75, 3.05) is 15.5 Å². The Morgan fingerprint density at radius 2 is 1.71 bits per heavy atom. The smallest absolute Gasteiger partial charge is 0.332 e. The molecule has 1 heterocycles. The summed E-state index contributed by atoms with van der Waals surface area (Å²) < 4.78 is 28.1. The zero-order valence-electron chi connectivity index (χ0n) is 17.3. The van der Waals surface area contributed by atoms with E-state index in [0.717, 1.165) is 12.1 Å². The Bertz CT molecular complexity index is 1040. The third-order valence-electron chi connectivity index (χ3n) is 4.69. The van der Waals surface area contributed by atoms with Gasteiger partial charge in [0, 0.05) is 12.3 Å². The van der Waals surface area contributed by atoms with Crippen molar-refractivity contribution in [3.8, 4) is 0 Å². The summed E-state index contributed by atoms with van der Waals surface area (Å²) in [5, 5.41) is 15.4. The summed E-state index contributed by atoms with van der Waals surface area (Å²) in [6, 6.07) is 12.1. The second-order valence-corrected chi connectivity index (χ2v) is 7.46. The number of carbonyl (C=O) groups is 1. The highest BCUT2D eigenvalue weighted by molar-refractivity contribution is 6.06. The molecule has 0 spiro atoms. The zero-order valence-corrected chi connectivity index (χ0v) is 17.3. The molecule has 0 saturated carbocycles. The summed E-state index contributed by atoms with van der Waals surface area (Å²) in [5.74, 6) is -1.45. The molecule has 0 fully saturated rings. The molecule has 3 aromatic rings. The first-order valence-electron chi connectivity index (χ1n) is 9.59. The number of hydrogen-bond acceptors (Lipinski definition) is 5. The second-order valence-electron chi connectivity index (χ2n) is 7.46. The second kappa shape index (κ2) is 9.05. The number of rotatable bonds is 6. The molecule has 2 aromatic carbocycles. The molecule has 0 unspecified atom stereocenters. The fraction of sp³-hybridized carbons (Fsp3) is 0.227. The van der Waals surface area contributed by atoms with Crippen LogP contribution in [-0.4, -0.2) is 32.7 Å². The van der Waals surface area contributed by atoms with Gasteiger partial charge in [0.2, 0.25) is 5.95 Å². The minimum absolute atomic E-state index is 0.167. The number of nitrogens with one attached hydrogen (secondary N) is 2. The normalized spacial score (nSPS) is 12.2. The molecule has 0 saturated heterocycles. The van der Waals surface area contributed by atoms with Gasteiger partial charge in [-0.3, -0.25) is 0 Å². The maximum atomic E-state index is 14.1. The standard InChI is InChI=1S/C22H23F2N5O2/c1-14(22(2,3)31)26-20-25-13-12-18(27-20)29(15-8-5-4-6-9-15)21(30)28-19-16(23)10-7-11-17(19)24/h4-14,31H,1-3H3,(H,28,30)(H,25,26,27)/t14-/m0/s1. The molecule has 0 radical (unpaired) electrons. The molecule has 9 heteroatoms. The minimum atomic E-state index is -1.04. The van der Waals surface area contributed by atoms with Gasteiger partial charge >= 0.3 is 6.03 Å². The van der Waals surface area contributed by atoms with Crippen LogP contribution >= 0.6 is 0 Å². The lowest BCUT2D eigenvalue weighted by atomic mass is 10.0. The summed E-state index contributed by atoms with van der Waals surface area (Å²) >= 11 is 0. The number of urea groups is 1. The third kappa shape index (κ3) is 5.32. The van der Waals surface area contributed by atoms with Crippen molar-refractivity contribution >= 4 is 29.2 Å². The van der Waals surface area contributed by atoms with E-state index in [1.807, 2.05) is 0 Å². The van der Waals surface area contributed by atoms with Gasteiger partial charge in [-0.2, -0.15) is 4.98 Å². The third-order valence-corrected chi connectivity index (χ3v) is 4.69. The van der Waals surface area contributed by atoms with Crippen molar-refractivity contribution in [2.24, 2.45) is 0 Å². The number of aromatic nitrogens is 2. The molecule has 2 amide bonds. The van der Waals surface area contributed by atoms with Crippen LogP contribution in [0.25, 0.3) is 0 Å². The van der Waals surface area contributed by atoms with Crippen LogP contribution in [0.2, 0.25) is 0 Å². The van der Waals surface area contributed by atoms with Crippen molar-refractivity contribution in [1.82, 2.24) is 9.97 Å². The van der Waals surface area contributed by atoms with Crippen molar-refractivity contribution < 1.29 is 18.7 Å². The molecular formula is C22H23F2N5O2. The van der Waals surface area contributed by atoms with Crippen LogP contribution < -0.4 is 15.5 Å². The Morgan fingerprint density at radius 3 is 2.32 bits per heavy atom. The van der Waals surface area contributed by atoms with Crippen molar-refractivity contribution in [1.29, 1.82) is 0 Å². The quantitative estimate of drug-likeness (QED) is 0.531. The van der Waals surface area contributed by atoms with E-state index in [2.05, 4.69) is 20.6 Å². The van der Waals surface area contributed by atoms with Crippen molar-refractivity contribution in [3.63, 3.8) is 0 Å². The van der Waals surface area contributed by atoms with Gasteiger partial charge in [-0.15, -0.1) is 0 Å². The fourth-order valence-corrected chi connectivity index (χ4v) is 2.62. The van der Waals surface area contributed by atoms with E-state index < -0.39 is 35.0 Å². The largest absolute Gasteiger partial charge is 0.388 e. The topological polar surface area (TPSA) is 90.4 Å². The Morgan fingerprint density at radius 1 is 1.06 bits per heavy atom. The van der Waals surface area contributed by atoms with Gasteiger partial charge in [-0.25, -0.2) is 23.5 Å². The Labute approximate surface area is 178 Å². The van der Waals surface area contributed by atoms with Gasteiger partial charge in [0.15, 0.2) is 0 Å². The van der Waals surface area contributed by atoms with Crippen LogP contribution in [0.3, 0.4) is 0 Å². The Kier molecular flexibility index (Phi) is 6.45. The van der Waals surface area contributed by atoms with Gasteiger partial charge in [0.05, 0.1) is 17.3 Å². The van der Waals surface area contributed by atoms with Crippen LogP contribution in [0.15, 0.2) is 60.8 Å². The van der Waals surface area contributed by atoms with Gasteiger partial charge in [-0.1, -0.05) is 24.3 Å². The van der Waals surface area contributed by atoms with Gasteiger partial charge < -0.3 is 15.7 Å². The maximum absolute atomic E-state index is 14.1. The molecule has 31 heavy (non-hydrogen) atoms. The number of anilines is 4. The molecule has 1 aromatic heterocycles. The molecule has 7 nitrogen and oxygen atoms in total. The number of hydrogen-bond donors (Lipinski definition) is 3. The van der Waals surface area contributed by atoms with Crippen LogP contribution in [0.1, 0.15) is 20.8 Å². The lowest BCUT2D eigenvalue weighted by Crippen LogP contribution is -2.40. The number of amides is 2. The highest BCUT2D eigenvalue weighted by Crippen LogP contribution is 2.27. The summed E-state index contributed by atoms with van der Waals surface area (Å²) in [4.78, 5) is 22.7. The summed E-state index contributed by atoms with van der Waals surface area (Å²) in [6.07, 6.45) is 1.44. The average molecular weight is 427 g/mol. The van der Waals surface area contributed by atoms with E-state index in [9.17, 15) is 18.7 Å². The lowest BCUT2D eigenvalue weighted by molar-refractivity contribution is 0.0646. The van der Waals surface area contributed by atoms with Crippen LogP contribution in [0.5, 0.6) is 0 Å². The zero-order chi connectivity index (χ0) is 22.6. The van der Waals surface area contributed by atoms with Crippen LogP contribution in [0.4, 0.5) is 36.7 Å². The fourth-order valence-electron chi connectivity index (χ4n) is 2.62. The van der Waals surface area contributed by atoms with E-state index >= 15 is 0 Å². The average Bonchev–Trinajstić information content (AvgIpc) is 2.71. The van der Waals surface area contributed by atoms with Crippen LogP contribution in [-0.2, 0) is 0 Å². The number of para-hydroxylation sites is 2. The highest BCUT2D eigenvalue weighted by Gasteiger charge is 2.25. The highest BCUT2D eigenvalue weighted by atomic mass is 19.1. The predicted octanol–water partition coefficient (Wildman–Crippen LogP) is 4.70. The van der Waals surface area contributed by atoms with Gasteiger partial charge in [-0.05, 0) is 45.0 Å². The number of nitrogens with zero attached hydrogens (tertiary/aromatic N) is 3. The number of aliphatic hydroxyl groups is 1. The van der Waals surface area contributed by atoms with E-state index in [0.29, 0.717) is 5.69 Å². The summed E-state index contributed by atoms with van der Waals surface area (Å²) in [5.41, 5.74) is -1.17. The van der Waals surface area contributed by atoms with Gasteiger partial charge in [0.1, 0.15) is 23.1 Å². The Hall–Kier alpha value is -3.59. The Balaban J connectivity index is 1.97. The van der Waals surface area contributed by atoms with Gasteiger partial charge in [0.25, 0.3) is 0 Å². The minimum Gasteiger partial charge on any atom is -0.388 e. The first-order valence-corrected chi connectivity index (χ1v) is 9.59. The first-order chi connectivity index (χ1) is 14.7. The first kappa shape index (κ1) is 22.1. The molecule has 0 aliphatic rings. The van der Waals surface area contributed by atoms with E-state index in [4.69, 9.17) is 0 Å². The monoisotopic (exact) mass is 427 g/mol.